The summed E-state index contributed by atoms with van der Waals surface area (Å²) in [4.78, 5) is 15.2. The fourth-order valence-corrected chi connectivity index (χ4v) is 1.52. The largest absolute Gasteiger partial charge is 0.395 e. The minimum atomic E-state index is -0.135. The van der Waals surface area contributed by atoms with Crippen molar-refractivity contribution >= 4 is 23.3 Å². The molecule has 0 fully saturated rings. The molecule has 1 aromatic rings. The summed E-state index contributed by atoms with van der Waals surface area (Å²) in [5, 5.41) is 9.64. The average molecular weight is 257 g/mol. The molecule has 17 heavy (non-hydrogen) atoms. The number of hydrogen-bond donors (Lipinski definition) is 1. The fourth-order valence-electron chi connectivity index (χ4n) is 1.40. The van der Waals surface area contributed by atoms with E-state index in [4.69, 9.17) is 16.7 Å². The van der Waals surface area contributed by atoms with E-state index in [9.17, 15) is 4.79 Å². The standard InChI is InChI=1S/C12H17ClN2O2/c1-3-14(2)12(17)15(8-9-16)11-6-4-10(13)5-7-11/h4-7,16H,3,8-9H2,1-2H3. The van der Waals surface area contributed by atoms with Crippen LogP contribution in [-0.4, -0.2) is 42.8 Å². The average Bonchev–Trinajstić information content (AvgIpc) is 2.35. The predicted octanol–water partition coefficient (Wildman–Crippen LogP) is 2.21. The zero-order valence-electron chi connectivity index (χ0n) is 10.1. The Morgan fingerprint density at radius 2 is 1.94 bits per heavy atom. The van der Waals surface area contributed by atoms with Crippen LogP contribution in [0, 0.1) is 0 Å². The van der Waals surface area contributed by atoms with Crippen LogP contribution in [0.1, 0.15) is 6.92 Å². The smallest absolute Gasteiger partial charge is 0.324 e. The van der Waals surface area contributed by atoms with Crippen LogP contribution in [0.4, 0.5) is 10.5 Å². The van der Waals surface area contributed by atoms with Crippen LogP contribution < -0.4 is 4.90 Å². The monoisotopic (exact) mass is 256 g/mol. The van der Waals surface area contributed by atoms with E-state index in [1.807, 2.05) is 6.92 Å². The van der Waals surface area contributed by atoms with Gasteiger partial charge in [-0.15, -0.1) is 0 Å². The van der Waals surface area contributed by atoms with Crippen molar-refractivity contribution in [3.63, 3.8) is 0 Å². The van der Waals surface area contributed by atoms with Crippen LogP contribution in [-0.2, 0) is 0 Å². The van der Waals surface area contributed by atoms with Crippen molar-refractivity contribution < 1.29 is 9.90 Å². The van der Waals surface area contributed by atoms with Gasteiger partial charge in [-0.3, -0.25) is 4.90 Å². The second-order valence-corrected chi connectivity index (χ2v) is 4.08. The highest BCUT2D eigenvalue weighted by Gasteiger charge is 2.17. The van der Waals surface area contributed by atoms with E-state index in [0.717, 1.165) is 5.69 Å². The first kappa shape index (κ1) is 13.8. The summed E-state index contributed by atoms with van der Waals surface area (Å²) in [5.74, 6) is 0. The second kappa shape index (κ2) is 6.47. The Morgan fingerprint density at radius 1 is 1.35 bits per heavy atom. The van der Waals surface area contributed by atoms with Crippen LogP contribution in [0.25, 0.3) is 0 Å². The first-order valence-electron chi connectivity index (χ1n) is 5.49. The molecule has 1 rings (SSSR count). The number of benzene rings is 1. The molecule has 0 radical (unpaired) electrons. The van der Waals surface area contributed by atoms with Crippen LogP contribution in [0.2, 0.25) is 5.02 Å². The number of carbonyl (C=O) groups is 1. The highest BCUT2D eigenvalue weighted by Crippen LogP contribution is 2.18. The molecule has 0 aliphatic heterocycles. The van der Waals surface area contributed by atoms with Crippen molar-refractivity contribution in [1.29, 1.82) is 0 Å². The molecule has 4 nitrogen and oxygen atoms in total. The molecule has 94 valence electrons. The molecule has 0 bridgehead atoms. The first-order valence-corrected chi connectivity index (χ1v) is 5.87. The molecule has 1 N–H and O–H groups in total. The van der Waals surface area contributed by atoms with Crippen LogP contribution >= 0.6 is 11.6 Å². The van der Waals surface area contributed by atoms with Crippen LogP contribution in [0.15, 0.2) is 24.3 Å². The molecule has 0 spiro atoms. The Kier molecular flexibility index (Phi) is 5.25. The number of urea groups is 1. The molecule has 0 unspecified atom stereocenters. The molecule has 5 heteroatoms. The topological polar surface area (TPSA) is 43.8 Å². The van der Waals surface area contributed by atoms with E-state index < -0.39 is 0 Å². The van der Waals surface area contributed by atoms with Crippen LogP contribution in [0.5, 0.6) is 0 Å². The third kappa shape index (κ3) is 3.61. The summed E-state index contributed by atoms with van der Waals surface area (Å²) >= 11 is 5.80. The van der Waals surface area contributed by atoms with Crippen molar-refractivity contribution in [3.8, 4) is 0 Å². The van der Waals surface area contributed by atoms with E-state index in [1.54, 1.807) is 36.2 Å². The minimum absolute atomic E-state index is 0.0775. The summed E-state index contributed by atoms with van der Waals surface area (Å²) in [5.41, 5.74) is 0.730. The molecule has 0 saturated carbocycles. The summed E-state index contributed by atoms with van der Waals surface area (Å²) in [6.07, 6.45) is 0. The molecular weight excluding hydrogens is 240 g/mol. The number of aliphatic hydroxyl groups excluding tert-OH is 1. The van der Waals surface area contributed by atoms with Crippen molar-refractivity contribution in [3.05, 3.63) is 29.3 Å². The number of anilines is 1. The van der Waals surface area contributed by atoms with E-state index in [-0.39, 0.29) is 19.2 Å². The van der Waals surface area contributed by atoms with Gasteiger partial charge in [0, 0.05) is 24.3 Å². The minimum Gasteiger partial charge on any atom is -0.395 e. The number of amides is 2. The van der Waals surface area contributed by atoms with E-state index in [2.05, 4.69) is 0 Å². The fraction of sp³-hybridized carbons (Fsp3) is 0.417. The molecule has 0 aliphatic carbocycles. The molecule has 2 amide bonds. The predicted molar refractivity (Wildman–Crippen MR) is 69.6 cm³/mol. The summed E-state index contributed by atoms with van der Waals surface area (Å²) in [7, 11) is 1.72. The lowest BCUT2D eigenvalue weighted by molar-refractivity contribution is 0.214. The SMILES string of the molecule is CCN(C)C(=O)N(CCO)c1ccc(Cl)cc1. The van der Waals surface area contributed by atoms with Gasteiger partial charge in [-0.2, -0.15) is 0 Å². The lowest BCUT2D eigenvalue weighted by Crippen LogP contribution is -2.42. The molecule has 0 atom stereocenters. The Bertz CT molecular complexity index is 367. The highest BCUT2D eigenvalue weighted by molar-refractivity contribution is 6.30. The highest BCUT2D eigenvalue weighted by atomic mass is 35.5. The maximum absolute atomic E-state index is 12.1. The number of aliphatic hydroxyl groups is 1. The maximum atomic E-state index is 12.1. The van der Waals surface area contributed by atoms with Gasteiger partial charge in [0.05, 0.1) is 13.2 Å². The van der Waals surface area contributed by atoms with Gasteiger partial charge in [0.15, 0.2) is 0 Å². The van der Waals surface area contributed by atoms with Gasteiger partial charge in [-0.25, -0.2) is 4.79 Å². The summed E-state index contributed by atoms with van der Waals surface area (Å²) < 4.78 is 0. The van der Waals surface area contributed by atoms with Crippen molar-refractivity contribution in [2.45, 2.75) is 6.92 Å². The number of rotatable bonds is 4. The normalized spacial score (nSPS) is 10.1. The summed E-state index contributed by atoms with van der Waals surface area (Å²) in [6.45, 7) is 2.71. The Balaban J connectivity index is 2.92. The number of hydrogen-bond acceptors (Lipinski definition) is 2. The van der Waals surface area contributed by atoms with Gasteiger partial charge in [-0.05, 0) is 31.2 Å². The second-order valence-electron chi connectivity index (χ2n) is 3.65. The van der Waals surface area contributed by atoms with Gasteiger partial charge >= 0.3 is 6.03 Å². The number of nitrogens with zero attached hydrogens (tertiary/aromatic N) is 2. The summed E-state index contributed by atoms with van der Waals surface area (Å²) in [6, 6.07) is 6.84. The molecule has 1 aromatic carbocycles. The van der Waals surface area contributed by atoms with Crippen molar-refractivity contribution in [2.24, 2.45) is 0 Å². The van der Waals surface area contributed by atoms with Crippen LogP contribution in [0.3, 0.4) is 0 Å². The third-order valence-corrected chi connectivity index (χ3v) is 2.75. The third-order valence-electron chi connectivity index (χ3n) is 2.49. The van der Waals surface area contributed by atoms with Gasteiger partial charge in [0.25, 0.3) is 0 Å². The van der Waals surface area contributed by atoms with Gasteiger partial charge in [0.2, 0.25) is 0 Å². The molecular formula is C12H17ClN2O2. The molecule has 0 saturated heterocycles. The zero-order chi connectivity index (χ0) is 12.8. The Morgan fingerprint density at radius 3 is 2.41 bits per heavy atom. The van der Waals surface area contributed by atoms with Gasteiger partial charge in [0.1, 0.15) is 0 Å². The van der Waals surface area contributed by atoms with Crippen molar-refractivity contribution in [1.82, 2.24) is 4.90 Å². The first-order chi connectivity index (χ1) is 8.10. The zero-order valence-corrected chi connectivity index (χ0v) is 10.8. The Hall–Kier alpha value is -1.26. The van der Waals surface area contributed by atoms with E-state index in [0.29, 0.717) is 11.6 Å². The van der Waals surface area contributed by atoms with E-state index >= 15 is 0 Å². The quantitative estimate of drug-likeness (QED) is 0.898. The molecule has 0 aliphatic rings. The van der Waals surface area contributed by atoms with Gasteiger partial charge < -0.3 is 10.0 Å². The number of halogens is 1. The molecule has 0 aromatic heterocycles. The molecule has 0 heterocycles. The van der Waals surface area contributed by atoms with Gasteiger partial charge in [-0.1, -0.05) is 11.6 Å². The Labute approximate surface area is 106 Å². The van der Waals surface area contributed by atoms with Crippen molar-refractivity contribution in [2.75, 3.05) is 31.6 Å². The lowest BCUT2D eigenvalue weighted by Gasteiger charge is -2.27. The lowest BCUT2D eigenvalue weighted by atomic mass is 10.3. The van der Waals surface area contributed by atoms with E-state index in [1.165, 1.54) is 4.90 Å². The maximum Gasteiger partial charge on any atom is 0.324 e. The number of carbonyl (C=O) groups excluding carboxylic acids is 1.